The zero-order chi connectivity index (χ0) is 17.2. The van der Waals surface area contributed by atoms with E-state index in [1.54, 1.807) is 0 Å². The van der Waals surface area contributed by atoms with E-state index in [0.717, 1.165) is 38.2 Å². The minimum absolute atomic E-state index is 0.207. The largest absolute Gasteiger partial charge is 0.358 e. The molecule has 3 nitrogen and oxygen atoms in total. The number of anilines is 1. The fraction of sp³-hybridized carbons (Fsp3) is 0.381. The first-order valence-corrected chi connectivity index (χ1v) is 8.86. The molecule has 0 fully saturated rings. The highest BCUT2D eigenvalue weighted by Crippen LogP contribution is 2.17. The van der Waals surface area contributed by atoms with E-state index in [0.29, 0.717) is 6.54 Å². The Morgan fingerprint density at radius 3 is 1.92 bits per heavy atom. The van der Waals surface area contributed by atoms with Gasteiger partial charge in [0.15, 0.2) is 0 Å². The SMILES string of the molecule is CCCN(CCC)C(=O)CN(Cc1ccccc1)c1ccccc1. The van der Waals surface area contributed by atoms with Crippen LogP contribution in [0.1, 0.15) is 32.3 Å². The summed E-state index contributed by atoms with van der Waals surface area (Å²) in [5.41, 5.74) is 2.30. The van der Waals surface area contributed by atoms with Crippen LogP contribution in [-0.4, -0.2) is 30.4 Å². The molecule has 2 rings (SSSR count). The molecule has 0 aromatic heterocycles. The zero-order valence-electron chi connectivity index (χ0n) is 14.8. The van der Waals surface area contributed by atoms with Crippen LogP contribution in [0.3, 0.4) is 0 Å². The number of hydrogen-bond donors (Lipinski definition) is 0. The molecular weight excluding hydrogens is 296 g/mol. The lowest BCUT2D eigenvalue weighted by atomic mass is 10.2. The number of benzene rings is 2. The van der Waals surface area contributed by atoms with Crippen molar-refractivity contribution in [2.45, 2.75) is 33.2 Å². The van der Waals surface area contributed by atoms with E-state index in [4.69, 9.17) is 0 Å². The van der Waals surface area contributed by atoms with E-state index in [9.17, 15) is 4.79 Å². The van der Waals surface area contributed by atoms with Crippen LogP contribution in [-0.2, 0) is 11.3 Å². The van der Waals surface area contributed by atoms with E-state index in [1.165, 1.54) is 5.56 Å². The van der Waals surface area contributed by atoms with Crippen molar-refractivity contribution in [3.05, 3.63) is 66.2 Å². The summed E-state index contributed by atoms with van der Waals surface area (Å²) < 4.78 is 0. The molecule has 0 heterocycles. The molecule has 0 atom stereocenters. The lowest BCUT2D eigenvalue weighted by Gasteiger charge is -2.29. The smallest absolute Gasteiger partial charge is 0.242 e. The minimum atomic E-state index is 0.207. The third kappa shape index (κ3) is 5.41. The van der Waals surface area contributed by atoms with E-state index in [-0.39, 0.29) is 5.91 Å². The van der Waals surface area contributed by atoms with Crippen molar-refractivity contribution >= 4 is 11.6 Å². The van der Waals surface area contributed by atoms with Gasteiger partial charge in [-0.15, -0.1) is 0 Å². The molecule has 2 aromatic carbocycles. The minimum Gasteiger partial charge on any atom is -0.358 e. The van der Waals surface area contributed by atoms with Gasteiger partial charge in [-0.2, -0.15) is 0 Å². The Balaban J connectivity index is 2.15. The van der Waals surface area contributed by atoms with Gasteiger partial charge in [-0.25, -0.2) is 0 Å². The Hall–Kier alpha value is -2.29. The van der Waals surface area contributed by atoms with Crippen molar-refractivity contribution in [2.24, 2.45) is 0 Å². The topological polar surface area (TPSA) is 23.6 Å². The molecule has 0 aliphatic heterocycles. The molecule has 0 radical (unpaired) electrons. The summed E-state index contributed by atoms with van der Waals surface area (Å²) in [6, 6.07) is 20.5. The number of hydrogen-bond acceptors (Lipinski definition) is 2. The number of carbonyl (C=O) groups is 1. The van der Waals surface area contributed by atoms with Crippen LogP contribution in [0.25, 0.3) is 0 Å². The Morgan fingerprint density at radius 2 is 1.38 bits per heavy atom. The Labute approximate surface area is 145 Å². The summed E-state index contributed by atoms with van der Waals surface area (Å²) >= 11 is 0. The third-order valence-corrected chi connectivity index (χ3v) is 4.00. The molecule has 0 saturated heterocycles. The highest BCUT2D eigenvalue weighted by molar-refractivity contribution is 5.81. The second kappa shape index (κ2) is 9.76. The van der Waals surface area contributed by atoms with Gasteiger partial charge in [0.1, 0.15) is 0 Å². The first kappa shape index (κ1) is 18.1. The number of nitrogens with zero attached hydrogens (tertiary/aromatic N) is 2. The zero-order valence-corrected chi connectivity index (χ0v) is 14.8. The molecule has 1 amide bonds. The van der Waals surface area contributed by atoms with Gasteiger partial charge in [0.05, 0.1) is 6.54 Å². The molecule has 0 aliphatic rings. The highest BCUT2D eigenvalue weighted by atomic mass is 16.2. The molecule has 128 valence electrons. The Kier molecular flexibility index (Phi) is 7.34. The molecule has 2 aromatic rings. The highest BCUT2D eigenvalue weighted by Gasteiger charge is 2.17. The van der Waals surface area contributed by atoms with Gasteiger partial charge in [0, 0.05) is 25.3 Å². The summed E-state index contributed by atoms with van der Waals surface area (Å²) in [7, 11) is 0. The standard InChI is InChI=1S/C21H28N2O/c1-3-15-22(16-4-2)21(24)18-23(20-13-9-6-10-14-20)17-19-11-7-5-8-12-19/h5-14H,3-4,15-18H2,1-2H3. The van der Waals surface area contributed by atoms with Crippen molar-refractivity contribution in [3.63, 3.8) is 0 Å². The van der Waals surface area contributed by atoms with Crippen molar-refractivity contribution in [1.82, 2.24) is 4.90 Å². The summed E-state index contributed by atoms with van der Waals surface area (Å²) in [6.07, 6.45) is 1.99. The molecule has 0 N–H and O–H groups in total. The predicted octanol–water partition coefficient (Wildman–Crippen LogP) is 4.34. The molecule has 0 saturated carbocycles. The Bertz CT molecular complexity index is 592. The van der Waals surface area contributed by atoms with E-state index >= 15 is 0 Å². The maximum Gasteiger partial charge on any atom is 0.242 e. The van der Waals surface area contributed by atoms with Gasteiger partial charge < -0.3 is 9.80 Å². The fourth-order valence-electron chi connectivity index (χ4n) is 2.85. The monoisotopic (exact) mass is 324 g/mol. The van der Waals surface area contributed by atoms with E-state index < -0.39 is 0 Å². The van der Waals surface area contributed by atoms with E-state index in [2.05, 4.69) is 43.0 Å². The normalized spacial score (nSPS) is 10.4. The van der Waals surface area contributed by atoms with E-state index in [1.807, 2.05) is 41.3 Å². The maximum absolute atomic E-state index is 12.8. The quantitative estimate of drug-likeness (QED) is 0.685. The average molecular weight is 324 g/mol. The first-order chi connectivity index (χ1) is 11.7. The third-order valence-electron chi connectivity index (χ3n) is 4.00. The van der Waals surface area contributed by atoms with Crippen LogP contribution in [0.5, 0.6) is 0 Å². The van der Waals surface area contributed by atoms with Gasteiger partial charge >= 0.3 is 0 Å². The van der Waals surface area contributed by atoms with Crippen LogP contribution >= 0.6 is 0 Å². The summed E-state index contributed by atoms with van der Waals surface area (Å²) in [5, 5.41) is 0. The second-order valence-corrected chi connectivity index (χ2v) is 6.06. The number of rotatable bonds is 9. The van der Waals surface area contributed by atoms with Crippen molar-refractivity contribution in [2.75, 3.05) is 24.5 Å². The number of amides is 1. The van der Waals surface area contributed by atoms with Gasteiger partial charge in [-0.3, -0.25) is 4.79 Å². The van der Waals surface area contributed by atoms with Crippen LogP contribution in [0.4, 0.5) is 5.69 Å². The lowest BCUT2D eigenvalue weighted by Crippen LogP contribution is -2.41. The summed E-state index contributed by atoms with van der Waals surface area (Å²) in [5.74, 6) is 0.207. The van der Waals surface area contributed by atoms with Crippen molar-refractivity contribution in [1.29, 1.82) is 0 Å². The first-order valence-electron chi connectivity index (χ1n) is 8.86. The van der Waals surface area contributed by atoms with Crippen LogP contribution < -0.4 is 4.90 Å². The Morgan fingerprint density at radius 1 is 0.833 bits per heavy atom. The van der Waals surface area contributed by atoms with Gasteiger partial charge in [0.25, 0.3) is 0 Å². The van der Waals surface area contributed by atoms with Crippen LogP contribution in [0.15, 0.2) is 60.7 Å². The molecule has 0 unspecified atom stereocenters. The van der Waals surface area contributed by atoms with Crippen molar-refractivity contribution < 1.29 is 4.79 Å². The maximum atomic E-state index is 12.8. The molecule has 0 spiro atoms. The van der Waals surface area contributed by atoms with Gasteiger partial charge in [0.2, 0.25) is 5.91 Å². The van der Waals surface area contributed by atoms with Gasteiger partial charge in [-0.1, -0.05) is 62.4 Å². The molecule has 3 heteroatoms. The van der Waals surface area contributed by atoms with Gasteiger partial charge in [-0.05, 0) is 30.5 Å². The molecule has 0 bridgehead atoms. The predicted molar refractivity (Wildman–Crippen MR) is 101 cm³/mol. The van der Waals surface area contributed by atoms with Crippen LogP contribution in [0.2, 0.25) is 0 Å². The van der Waals surface area contributed by atoms with Crippen LogP contribution in [0, 0.1) is 0 Å². The van der Waals surface area contributed by atoms with Crippen molar-refractivity contribution in [3.8, 4) is 0 Å². The second-order valence-electron chi connectivity index (χ2n) is 6.06. The molecular formula is C21H28N2O. The lowest BCUT2D eigenvalue weighted by molar-refractivity contribution is -0.129. The number of carbonyl (C=O) groups excluding carboxylic acids is 1. The number of para-hydroxylation sites is 1. The molecule has 24 heavy (non-hydrogen) atoms. The average Bonchev–Trinajstić information content (AvgIpc) is 2.62. The fourth-order valence-corrected chi connectivity index (χ4v) is 2.85. The summed E-state index contributed by atoms with van der Waals surface area (Å²) in [4.78, 5) is 16.9. The molecule has 0 aliphatic carbocycles. The summed E-state index contributed by atoms with van der Waals surface area (Å²) in [6.45, 7) is 7.06.